The first-order valence-electron chi connectivity index (χ1n) is 9.05. The molecule has 0 aliphatic carbocycles. The Kier molecular flexibility index (Phi) is 5.07. The molecule has 0 saturated heterocycles. The predicted octanol–water partition coefficient (Wildman–Crippen LogP) is 3.82. The highest BCUT2D eigenvalue weighted by atomic mass is 16.2. The Morgan fingerprint density at radius 2 is 1.92 bits per heavy atom. The van der Waals surface area contributed by atoms with Gasteiger partial charge in [0.05, 0.1) is 11.2 Å². The van der Waals surface area contributed by atoms with Crippen LogP contribution in [0.4, 0.5) is 0 Å². The number of rotatable bonds is 5. The van der Waals surface area contributed by atoms with E-state index in [-0.39, 0.29) is 5.91 Å². The molecule has 2 aromatic heterocycles. The van der Waals surface area contributed by atoms with E-state index in [1.54, 1.807) is 19.0 Å². The maximum Gasteiger partial charge on any atom is 0.222 e. The lowest BCUT2D eigenvalue weighted by Gasteiger charge is -2.11. The Balaban J connectivity index is 1.97. The van der Waals surface area contributed by atoms with E-state index < -0.39 is 0 Å². The lowest BCUT2D eigenvalue weighted by Crippen LogP contribution is -2.21. The van der Waals surface area contributed by atoms with Gasteiger partial charge in [-0.2, -0.15) is 0 Å². The van der Waals surface area contributed by atoms with Gasteiger partial charge in [0, 0.05) is 38.0 Å². The molecule has 1 aromatic carbocycles. The smallest absolute Gasteiger partial charge is 0.222 e. The summed E-state index contributed by atoms with van der Waals surface area (Å²) < 4.78 is 0. The number of amides is 1. The minimum atomic E-state index is 0.141. The first kappa shape index (κ1) is 18.1. The average Bonchev–Trinajstić information content (AvgIpc) is 3.00. The maximum absolute atomic E-state index is 11.8. The third-order valence-electron chi connectivity index (χ3n) is 4.72. The number of imidazole rings is 1. The van der Waals surface area contributed by atoms with Crippen molar-refractivity contribution >= 4 is 16.8 Å². The van der Waals surface area contributed by atoms with Gasteiger partial charge in [-0.25, -0.2) is 9.97 Å². The number of aromatic amines is 1. The molecule has 0 radical (unpaired) electrons. The van der Waals surface area contributed by atoms with Crippen LogP contribution in [0.25, 0.3) is 22.3 Å². The highest BCUT2D eigenvalue weighted by Crippen LogP contribution is 2.26. The molecule has 3 rings (SSSR count). The van der Waals surface area contributed by atoms with Crippen LogP contribution in [0.2, 0.25) is 0 Å². The average molecular weight is 350 g/mol. The Bertz CT molecular complexity index is 956. The van der Waals surface area contributed by atoms with Gasteiger partial charge >= 0.3 is 0 Å². The lowest BCUT2D eigenvalue weighted by atomic mass is 10.0. The van der Waals surface area contributed by atoms with Crippen molar-refractivity contribution in [3.8, 4) is 11.4 Å². The van der Waals surface area contributed by atoms with Gasteiger partial charge in [0.25, 0.3) is 0 Å². The molecule has 2 heterocycles. The highest BCUT2D eigenvalue weighted by molar-refractivity contribution is 5.85. The quantitative estimate of drug-likeness (QED) is 0.761. The molecule has 26 heavy (non-hydrogen) atoms. The summed E-state index contributed by atoms with van der Waals surface area (Å²) in [5.74, 6) is 1.12. The number of nitrogens with one attached hydrogen (secondary N) is 1. The first-order valence-corrected chi connectivity index (χ1v) is 9.05. The molecule has 0 saturated carbocycles. The van der Waals surface area contributed by atoms with E-state index in [0.29, 0.717) is 6.42 Å². The van der Waals surface area contributed by atoms with Gasteiger partial charge in [0.15, 0.2) is 0 Å². The van der Waals surface area contributed by atoms with Gasteiger partial charge in [0.2, 0.25) is 5.91 Å². The zero-order valence-electron chi connectivity index (χ0n) is 16.2. The SMILES string of the molecule is CCc1nc(-c2cc(C)c3ccc(CCC(=O)N(C)C)cc3n2)c(C)[nH]1. The second kappa shape index (κ2) is 7.28. The van der Waals surface area contributed by atoms with Gasteiger partial charge in [0.1, 0.15) is 11.5 Å². The molecule has 1 amide bonds. The fourth-order valence-corrected chi connectivity index (χ4v) is 3.14. The van der Waals surface area contributed by atoms with E-state index in [1.807, 2.05) is 6.92 Å². The molecule has 0 atom stereocenters. The zero-order chi connectivity index (χ0) is 18.8. The number of carbonyl (C=O) groups excluding carboxylic acids is 1. The second-order valence-corrected chi connectivity index (χ2v) is 6.97. The topological polar surface area (TPSA) is 61.9 Å². The van der Waals surface area contributed by atoms with Crippen LogP contribution in [0.3, 0.4) is 0 Å². The molecular weight excluding hydrogens is 324 g/mol. The van der Waals surface area contributed by atoms with E-state index in [2.05, 4.69) is 48.1 Å². The molecule has 0 bridgehead atoms. The van der Waals surface area contributed by atoms with Crippen molar-refractivity contribution in [2.75, 3.05) is 14.1 Å². The van der Waals surface area contributed by atoms with Crippen molar-refractivity contribution in [2.45, 2.75) is 40.0 Å². The second-order valence-electron chi connectivity index (χ2n) is 6.97. The molecule has 1 N–H and O–H groups in total. The number of benzene rings is 1. The van der Waals surface area contributed by atoms with Crippen molar-refractivity contribution in [2.24, 2.45) is 0 Å². The van der Waals surface area contributed by atoms with Crippen molar-refractivity contribution in [1.82, 2.24) is 19.9 Å². The summed E-state index contributed by atoms with van der Waals surface area (Å²) in [5.41, 5.74) is 6.12. The summed E-state index contributed by atoms with van der Waals surface area (Å²) in [5, 5.41) is 1.14. The van der Waals surface area contributed by atoms with Gasteiger partial charge in [-0.3, -0.25) is 4.79 Å². The maximum atomic E-state index is 11.8. The number of carbonyl (C=O) groups is 1. The summed E-state index contributed by atoms with van der Waals surface area (Å²) >= 11 is 0. The molecule has 0 fully saturated rings. The molecule has 0 spiro atoms. The van der Waals surface area contributed by atoms with E-state index in [4.69, 9.17) is 4.98 Å². The number of fused-ring (bicyclic) bond motifs is 1. The predicted molar refractivity (Wildman–Crippen MR) is 105 cm³/mol. The van der Waals surface area contributed by atoms with Crippen molar-refractivity contribution < 1.29 is 4.79 Å². The molecule has 136 valence electrons. The highest BCUT2D eigenvalue weighted by Gasteiger charge is 2.12. The van der Waals surface area contributed by atoms with Crippen LogP contribution in [0, 0.1) is 13.8 Å². The summed E-state index contributed by atoms with van der Waals surface area (Å²) in [6.07, 6.45) is 2.10. The van der Waals surface area contributed by atoms with E-state index in [9.17, 15) is 4.79 Å². The summed E-state index contributed by atoms with van der Waals surface area (Å²) in [4.78, 5) is 26.3. The summed E-state index contributed by atoms with van der Waals surface area (Å²) in [6, 6.07) is 8.39. The van der Waals surface area contributed by atoms with Crippen molar-refractivity contribution in [3.05, 3.63) is 46.9 Å². The minimum absolute atomic E-state index is 0.141. The van der Waals surface area contributed by atoms with Crippen LogP contribution in [-0.2, 0) is 17.6 Å². The lowest BCUT2D eigenvalue weighted by molar-refractivity contribution is -0.128. The molecule has 0 aliphatic rings. The Labute approximate surface area is 154 Å². The monoisotopic (exact) mass is 350 g/mol. The van der Waals surface area contributed by atoms with Crippen LogP contribution in [0.1, 0.15) is 36.0 Å². The number of pyridine rings is 1. The first-order chi connectivity index (χ1) is 12.4. The Morgan fingerprint density at radius 3 is 2.58 bits per heavy atom. The number of nitrogens with zero attached hydrogens (tertiary/aromatic N) is 3. The molecular formula is C21H26N4O. The van der Waals surface area contributed by atoms with Crippen molar-refractivity contribution in [3.63, 3.8) is 0 Å². The Morgan fingerprint density at radius 1 is 1.15 bits per heavy atom. The standard InChI is InChI=1S/C21H26N4O/c1-6-19-22-14(3)21(24-19)18-11-13(2)16-9-7-15(12-17(16)23-18)8-10-20(26)25(4)5/h7,9,11-12H,6,8,10H2,1-5H3,(H,22,24). The van der Waals surface area contributed by atoms with Crippen LogP contribution in [-0.4, -0.2) is 39.9 Å². The normalized spacial score (nSPS) is 11.1. The van der Waals surface area contributed by atoms with E-state index >= 15 is 0 Å². The van der Waals surface area contributed by atoms with Crippen molar-refractivity contribution in [1.29, 1.82) is 0 Å². The number of hydrogen-bond donors (Lipinski definition) is 1. The van der Waals surface area contributed by atoms with Crippen LogP contribution >= 0.6 is 0 Å². The van der Waals surface area contributed by atoms with Crippen LogP contribution < -0.4 is 0 Å². The van der Waals surface area contributed by atoms with Crippen LogP contribution in [0.5, 0.6) is 0 Å². The molecule has 5 heteroatoms. The van der Waals surface area contributed by atoms with Gasteiger partial charge < -0.3 is 9.88 Å². The summed E-state index contributed by atoms with van der Waals surface area (Å²) in [7, 11) is 3.58. The number of H-pyrrole nitrogens is 1. The molecule has 0 aliphatic heterocycles. The Hall–Kier alpha value is -2.69. The fourth-order valence-electron chi connectivity index (χ4n) is 3.14. The number of aryl methyl sites for hydroxylation is 4. The van der Waals surface area contributed by atoms with Gasteiger partial charge in [-0.1, -0.05) is 19.1 Å². The minimum Gasteiger partial charge on any atom is -0.349 e. The van der Waals surface area contributed by atoms with E-state index in [1.165, 1.54) is 5.56 Å². The molecule has 0 unspecified atom stereocenters. The molecule has 5 nitrogen and oxygen atoms in total. The summed E-state index contributed by atoms with van der Waals surface area (Å²) in [6.45, 7) is 6.22. The molecule has 3 aromatic rings. The van der Waals surface area contributed by atoms with Crippen LogP contribution in [0.15, 0.2) is 24.3 Å². The number of aromatic nitrogens is 3. The van der Waals surface area contributed by atoms with Gasteiger partial charge in [-0.15, -0.1) is 0 Å². The largest absolute Gasteiger partial charge is 0.349 e. The zero-order valence-corrected chi connectivity index (χ0v) is 16.2. The third kappa shape index (κ3) is 3.62. The fraction of sp³-hybridized carbons (Fsp3) is 0.381. The third-order valence-corrected chi connectivity index (χ3v) is 4.72. The number of hydrogen-bond acceptors (Lipinski definition) is 3. The van der Waals surface area contributed by atoms with E-state index in [0.717, 1.165) is 52.2 Å². The van der Waals surface area contributed by atoms with Gasteiger partial charge in [-0.05, 0) is 43.5 Å².